The van der Waals surface area contributed by atoms with E-state index in [-0.39, 0.29) is 12.1 Å². The van der Waals surface area contributed by atoms with Crippen molar-refractivity contribution in [2.24, 2.45) is 0 Å². The molecule has 0 saturated heterocycles. The Kier molecular flexibility index (Phi) is 6.28. The summed E-state index contributed by atoms with van der Waals surface area (Å²) >= 11 is 7.75. The third kappa shape index (κ3) is 4.99. The predicted octanol–water partition coefficient (Wildman–Crippen LogP) is 1.33. The molecule has 0 aliphatic rings. The molecule has 0 aliphatic heterocycles. The van der Waals surface area contributed by atoms with Crippen LogP contribution in [0, 0.1) is 0 Å². The minimum atomic E-state index is -0.107. The summed E-state index contributed by atoms with van der Waals surface area (Å²) in [4.78, 5) is 0. The van der Waals surface area contributed by atoms with Gasteiger partial charge in [-0.2, -0.15) is 0 Å². The molecule has 1 unspecified atom stereocenters. The molecule has 0 saturated carbocycles. The van der Waals surface area contributed by atoms with Crippen molar-refractivity contribution in [3.05, 3.63) is 34.3 Å². The lowest BCUT2D eigenvalue weighted by molar-refractivity contribution is 0.288. The van der Waals surface area contributed by atoms with Gasteiger partial charge in [0, 0.05) is 17.6 Å². The van der Waals surface area contributed by atoms with Crippen LogP contribution in [0.1, 0.15) is 5.56 Å². The molecule has 0 aliphatic carbocycles. The number of rotatable bonds is 6. The maximum atomic E-state index is 8.61. The summed E-state index contributed by atoms with van der Waals surface area (Å²) in [6.45, 7) is 1.39. The van der Waals surface area contributed by atoms with Crippen molar-refractivity contribution in [1.29, 1.82) is 0 Å². The molecule has 1 atom stereocenters. The Morgan fingerprint density at radius 1 is 1.33 bits per heavy atom. The van der Waals surface area contributed by atoms with Crippen LogP contribution in [0.25, 0.3) is 0 Å². The van der Waals surface area contributed by atoms with Gasteiger partial charge in [-0.05, 0) is 11.6 Å². The van der Waals surface area contributed by atoms with Crippen LogP contribution in [0.2, 0.25) is 0 Å². The van der Waals surface area contributed by atoms with Gasteiger partial charge in [-0.3, -0.25) is 10.6 Å². The molecular formula is C10H15BrN2OS. The summed E-state index contributed by atoms with van der Waals surface area (Å²) in [5.41, 5.74) is 1.08. The summed E-state index contributed by atoms with van der Waals surface area (Å²) in [7, 11) is 0. The van der Waals surface area contributed by atoms with Crippen molar-refractivity contribution >= 4 is 28.6 Å². The molecule has 84 valence electrons. The second-order valence-corrected chi connectivity index (χ2v) is 4.42. The highest BCUT2D eigenvalue weighted by Gasteiger charge is 2.02. The van der Waals surface area contributed by atoms with Crippen molar-refractivity contribution in [2.45, 2.75) is 12.0 Å². The van der Waals surface area contributed by atoms with Crippen LogP contribution in [-0.4, -0.2) is 23.8 Å². The minimum absolute atomic E-state index is 0.107. The Balaban J connectivity index is 2.33. The van der Waals surface area contributed by atoms with Crippen molar-refractivity contribution < 1.29 is 5.11 Å². The van der Waals surface area contributed by atoms with Gasteiger partial charge in [0.05, 0.1) is 6.61 Å². The molecule has 0 fully saturated rings. The first-order valence-corrected chi connectivity index (χ1v) is 6.04. The number of aliphatic hydroxyl groups is 1. The van der Waals surface area contributed by atoms with E-state index in [9.17, 15) is 0 Å². The molecule has 0 spiro atoms. The second-order valence-electron chi connectivity index (χ2n) is 3.05. The number of thiol groups is 1. The predicted molar refractivity (Wildman–Crippen MR) is 68.8 cm³/mol. The van der Waals surface area contributed by atoms with Gasteiger partial charge in [-0.1, -0.05) is 34.1 Å². The molecule has 5 heteroatoms. The fourth-order valence-corrected chi connectivity index (χ4v) is 1.77. The normalized spacial score (nSPS) is 12.7. The van der Waals surface area contributed by atoms with Gasteiger partial charge < -0.3 is 5.11 Å². The van der Waals surface area contributed by atoms with Crippen LogP contribution in [0.3, 0.4) is 0 Å². The Morgan fingerprint density at radius 3 is 2.73 bits per heavy atom. The lowest BCUT2D eigenvalue weighted by Crippen LogP contribution is -2.38. The first kappa shape index (κ1) is 13.0. The quantitative estimate of drug-likeness (QED) is 0.472. The van der Waals surface area contributed by atoms with Crippen molar-refractivity contribution in [2.75, 3.05) is 13.2 Å². The van der Waals surface area contributed by atoms with Gasteiger partial charge in [-0.15, -0.1) is 12.6 Å². The molecule has 3 N–H and O–H groups in total. The maximum absolute atomic E-state index is 8.61. The van der Waals surface area contributed by atoms with E-state index in [0.29, 0.717) is 6.54 Å². The van der Waals surface area contributed by atoms with Gasteiger partial charge in [0.25, 0.3) is 0 Å². The third-order valence-corrected chi connectivity index (χ3v) is 3.03. The summed E-state index contributed by atoms with van der Waals surface area (Å²) in [5, 5.41) is 14.8. The summed E-state index contributed by atoms with van der Waals surface area (Å²) in [6, 6.07) is 8.03. The highest BCUT2D eigenvalue weighted by Crippen LogP contribution is 2.15. The number of aliphatic hydroxyl groups excluding tert-OH is 1. The zero-order valence-corrected chi connectivity index (χ0v) is 10.8. The average Bonchev–Trinajstić information content (AvgIpc) is 2.25. The highest BCUT2D eigenvalue weighted by atomic mass is 79.9. The zero-order chi connectivity index (χ0) is 11.1. The zero-order valence-electron chi connectivity index (χ0n) is 8.28. The first-order chi connectivity index (χ1) is 7.24. The highest BCUT2D eigenvalue weighted by molar-refractivity contribution is 9.10. The maximum Gasteiger partial charge on any atom is 0.103 e. The summed E-state index contributed by atoms with van der Waals surface area (Å²) in [6.07, 6.45) is 0. The van der Waals surface area contributed by atoms with E-state index >= 15 is 0 Å². The van der Waals surface area contributed by atoms with Crippen molar-refractivity contribution in [1.82, 2.24) is 10.6 Å². The fraction of sp³-hybridized carbons (Fsp3) is 0.400. The molecular weight excluding hydrogens is 276 g/mol. The number of hydrogen-bond acceptors (Lipinski definition) is 4. The van der Waals surface area contributed by atoms with E-state index in [4.69, 9.17) is 5.11 Å². The van der Waals surface area contributed by atoms with Crippen LogP contribution in [0.15, 0.2) is 28.7 Å². The monoisotopic (exact) mass is 290 g/mol. The molecule has 0 bridgehead atoms. The number of halogens is 1. The summed E-state index contributed by atoms with van der Waals surface area (Å²) in [5.74, 6) is 0. The van der Waals surface area contributed by atoms with E-state index in [0.717, 1.165) is 11.0 Å². The molecule has 0 radical (unpaired) electrons. The van der Waals surface area contributed by atoms with Crippen molar-refractivity contribution in [3.8, 4) is 0 Å². The molecule has 1 rings (SSSR count). The van der Waals surface area contributed by atoms with E-state index in [1.165, 1.54) is 5.56 Å². The topological polar surface area (TPSA) is 44.3 Å². The number of hydrogen-bond donors (Lipinski definition) is 4. The molecule has 1 aromatic carbocycles. The lowest BCUT2D eigenvalue weighted by Gasteiger charge is -2.14. The molecule has 3 nitrogen and oxygen atoms in total. The van der Waals surface area contributed by atoms with E-state index in [2.05, 4.69) is 39.2 Å². The van der Waals surface area contributed by atoms with Crippen LogP contribution >= 0.6 is 28.6 Å². The SMILES string of the molecule is OCCNC(S)NCc1ccccc1Br. The largest absolute Gasteiger partial charge is 0.395 e. The van der Waals surface area contributed by atoms with Crippen LogP contribution < -0.4 is 10.6 Å². The van der Waals surface area contributed by atoms with E-state index in [1.807, 2.05) is 24.3 Å². The van der Waals surface area contributed by atoms with Gasteiger partial charge in [0.2, 0.25) is 0 Å². The number of benzene rings is 1. The van der Waals surface area contributed by atoms with E-state index in [1.54, 1.807) is 0 Å². The first-order valence-electron chi connectivity index (χ1n) is 4.73. The Hall–Kier alpha value is -0.0700. The molecule has 0 heterocycles. The average molecular weight is 291 g/mol. The summed E-state index contributed by atoms with van der Waals surface area (Å²) < 4.78 is 1.08. The van der Waals surface area contributed by atoms with Crippen LogP contribution in [-0.2, 0) is 6.54 Å². The lowest BCUT2D eigenvalue weighted by atomic mass is 10.2. The van der Waals surface area contributed by atoms with Gasteiger partial charge >= 0.3 is 0 Å². The Bertz CT molecular complexity index is 299. The smallest absolute Gasteiger partial charge is 0.103 e. The minimum Gasteiger partial charge on any atom is -0.395 e. The van der Waals surface area contributed by atoms with Gasteiger partial charge in [0.15, 0.2) is 0 Å². The van der Waals surface area contributed by atoms with Gasteiger partial charge in [0.1, 0.15) is 5.50 Å². The van der Waals surface area contributed by atoms with Crippen LogP contribution in [0.4, 0.5) is 0 Å². The second kappa shape index (κ2) is 7.24. The standard InChI is InChI=1S/C10H15BrN2OS/c11-9-4-2-1-3-8(9)7-13-10(15)12-5-6-14/h1-4,10,12-15H,5-7H2. The fourth-order valence-electron chi connectivity index (χ4n) is 1.12. The molecule has 0 aromatic heterocycles. The molecule has 1 aromatic rings. The number of nitrogens with one attached hydrogen (secondary N) is 2. The molecule has 0 amide bonds. The Morgan fingerprint density at radius 2 is 2.07 bits per heavy atom. The molecule has 15 heavy (non-hydrogen) atoms. The van der Waals surface area contributed by atoms with E-state index < -0.39 is 0 Å². The van der Waals surface area contributed by atoms with Crippen molar-refractivity contribution in [3.63, 3.8) is 0 Å². The van der Waals surface area contributed by atoms with Gasteiger partial charge in [-0.25, -0.2) is 0 Å². The third-order valence-electron chi connectivity index (χ3n) is 1.89. The Labute approximate surface area is 104 Å². The van der Waals surface area contributed by atoms with Crippen LogP contribution in [0.5, 0.6) is 0 Å².